The van der Waals surface area contributed by atoms with E-state index in [9.17, 15) is 4.39 Å². The molecule has 16 heavy (non-hydrogen) atoms. The number of hydrogen-bond acceptors (Lipinski definition) is 3. The molecule has 1 rings (SSSR count). The van der Waals surface area contributed by atoms with Gasteiger partial charge in [-0.2, -0.15) is 0 Å². The number of benzene rings is 1. The van der Waals surface area contributed by atoms with Crippen LogP contribution < -0.4 is 5.32 Å². The second-order valence-corrected chi connectivity index (χ2v) is 4.12. The van der Waals surface area contributed by atoms with Crippen LogP contribution in [0, 0.1) is 5.82 Å². The number of aliphatic hydroxyl groups is 1. The molecule has 0 radical (unpaired) electrons. The molecule has 0 saturated heterocycles. The molecule has 0 aliphatic carbocycles. The van der Waals surface area contributed by atoms with Gasteiger partial charge in [-0.05, 0) is 33.6 Å². The fourth-order valence-electron chi connectivity index (χ4n) is 1.19. The summed E-state index contributed by atoms with van der Waals surface area (Å²) in [6.07, 6.45) is 0. The normalized spacial score (nSPS) is 10.7. The van der Waals surface area contributed by atoms with Crippen LogP contribution in [-0.4, -0.2) is 31.5 Å². The van der Waals surface area contributed by atoms with Crippen molar-refractivity contribution in [2.45, 2.75) is 6.54 Å². The van der Waals surface area contributed by atoms with Crippen LogP contribution in [0.2, 0.25) is 0 Å². The molecule has 0 bridgehead atoms. The SMILES string of the molecule is OCCOCCNCc1ccc(Br)c(F)c1. The molecular weight excluding hydrogens is 277 g/mol. The van der Waals surface area contributed by atoms with Gasteiger partial charge in [-0.25, -0.2) is 4.39 Å². The molecule has 0 amide bonds. The summed E-state index contributed by atoms with van der Waals surface area (Å²) in [6.45, 7) is 2.22. The molecule has 90 valence electrons. The molecule has 3 nitrogen and oxygen atoms in total. The van der Waals surface area contributed by atoms with E-state index >= 15 is 0 Å². The van der Waals surface area contributed by atoms with Gasteiger partial charge in [0.1, 0.15) is 5.82 Å². The second-order valence-electron chi connectivity index (χ2n) is 3.26. The smallest absolute Gasteiger partial charge is 0.137 e. The van der Waals surface area contributed by atoms with Crippen LogP contribution in [0.4, 0.5) is 4.39 Å². The average Bonchev–Trinajstić information content (AvgIpc) is 2.28. The van der Waals surface area contributed by atoms with E-state index in [1.165, 1.54) is 6.07 Å². The summed E-state index contributed by atoms with van der Waals surface area (Å²) in [5.41, 5.74) is 0.892. The molecule has 2 N–H and O–H groups in total. The van der Waals surface area contributed by atoms with Crippen molar-refractivity contribution in [1.29, 1.82) is 0 Å². The number of nitrogens with one attached hydrogen (secondary N) is 1. The number of hydrogen-bond donors (Lipinski definition) is 2. The predicted molar refractivity (Wildman–Crippen MR) is 63.7 cm³/mol. The van der Waals surface area contributed by atoms with Crippen molar-refractivity contribution in [3.63, 3.8) is 0 Å². The van der Waals surface area contributed by atoms with Crippen LogP contribution in [0.15, 0.2) is 22.7 Å². The molecule has 0 aromatic heterocycles. The van der Waals surface area contributed by atoms with Crippen molar-refractivity contribution in [2.75, 3.05) is 26.4 Å². The number of ether oxygens (including phenoxy) is 1. The van der Waals surface area contributed by atoms with Gasteiger partial charge >= 0.3 is 0 Å². The molecule has 5 heteroatoms. The molecule has 0 unspecified atom stereocenters. The molecule has 1 aromatic carbocycles. The first-order valence-corrected chi connectivity index (χ1v) is 5.86. The predicted octanol–water partition coefficient (Wildman–Crippen LogP) is 1.69. The Morgan fingerprint density at radius 2 is 2.19 bits per heavy atom. The van der Waals surface area contributed by atoms with Crippen molar-refractivity contribution < 1.29 is 14.2 Å². The molecule has 0 saturated carbocycles. The first kappa shape index (κ1) is 13.6. The van der Waals surface area contributed by atoms with Crippen LogP contribution in [0.1, 0.15) is 5.56 Å². The van der Waals surface area contributed by atoms with Crippen molar-refractivity contribution >= 4 is 15.9 Å². The monoisotopic (exact) mass is 291 g/mol. The maximum absolute atomic E-state index is 13.1. The minimum absolute atomic E-state index is 0.0396. The van der Waals surface area contributed by atoms with E-state index in [1.54, 1.807) is 6.07 Å². The van der Waals surface area contributed by atoms with E-state index in [1.807, 2.05) is 6.07 Å². The minimum atomic E-state index is -0.254. The topological polar surface area (TPSA) is 41.5 Å². The Labute approximate surface area is 103 Å². The Morgan fingerprint density at radius 3 is 2.88 bits per heavy atom. The molecule has 0 aliphatic rings. The summed E-state index contributed by atoms with van der Waals surface area (Å²) in [7, 11) is 0. The van der Waals surface area contributed by atoms with E-state index in [4.69, 9.17) is 9.84 Å². The van der Waals surface area contributed by atoms with Crippen LogP contribution in [-0.2, 0) is 11.3 Å². The van der Waals surface area contributed by atoms with Gasteiger partial charge in [-0.3, -0.25) is 0 Å². The largest absolute Gasteiger partial charge is 0.394 e. The highest BCUT2D eigenvalue weighted by molar-refractivity contribution is 9.10. The Kier molecular flexibility index (Phi) is 6.56. The lowest BCUT2D eigenvalue weighted by atomic mass is 10.2. The average molecular weight is 292 g/mol. The maximum Gasteiger partial charge on any atom is 0.137 e. The highest BCUT2D eigenvalue weighted by Gasteiger charge is 1.99. The van der Waals surface area contributed by atoms with Gasteiger partial charge in [0.2, 0.25) is 0 Å². The summed E-state index contributed by atoms with van der Waals surface area (Å²) < 4.78 is 18.7. The van der Waals surface area contributed by atoms with Gasteiger partial charge in [0, 0.05) is 13.1 Å². The first-order chi connectivity index (χ1) is 7.74. The summed E-state index contributed by atoms with van der Waals surface area (Å²) in [4.78, 5) is 0. The number of halogens is 2. The minimum Gasteiger partial charge on any atom is -0.394 e. The fraction of sp³-hybridized carbons (Fsp3) is 0.455. The van der Waals surface area contributed by atoms with E-state index in [-0.39, 0.29) is 12.4 Å². The van der Waals surface area contributed by atoms with Gasteiger partial charge in [0.25, 0.3) is 0 Å². The lowest BCUT2D eigenvalue weighted by molar-refractivity contribution is 0.0938. The van der Waals surface area contributed by atoms with Gasteiger partial charge in [0.15, 0.2) is 0 Å². The van der Waals surface area contributed by atoms with Crippen molar-refractivity contribution in [3.05, 3.63) is 34.1 Å². The van der Waals surface area contributed by atoms with E-state index < -0.39 is 0 Å². The molecule has 1 aromatic rings. The zero-order valence-electron chi connectivity index (χ0n) is 8.88. The summed E-state index contributed by atoms with van der Waals surface area (Å²) >= 11 is 3.10. The highest BCUT2D eigenvalue weighted by atomic mass is 79.9. The molecule has 0 atom stereocenters. The van der Waals surface area contributed by atoms with Crippen molar-refractivity contribution in [1.82, 2.24) is 5.32 Å². The number of aliphatic hydroxyl groups excluding tert-OH is 1. The Bertz CT molecular complexity index is 323. The maximum atomic E-state index is 13.1. The summed E-state index contributed by atoms with van der Waals surface area (Å²) in [5, 5.41) is 11.6. The third kappa shape index (κ3) is 5.03. The van der Waals surface area contributed by atoms with Crippen molar-refractivity contribution in [3.8, 4) is 0 Å². The van der Waals surface area contributed by atoms with Crippen LogP contribution in [0.25, 0.3) is 0 Å². The Balaban J connectivity index is 2.19. The third-order valence-electron chi connectivity index (χ3n) is 1.97. The van der Waals surface area contributed by atoms with Crippen molar-refractivity contribution in [2.24, 2.45) is 0 Å². The fourth-order valence-corrected chi connectivity index (χ4v) is 1.44. The highest BCUT2D eigenvalue weighted by Crippen LogP contribution is 2.16. The Hall–Kier alpha value is -0.490. The van der Waals surface area contributed by atoms with Gasteiger partial charge in [-0.1, -0.05) is 6.07 Å². The third-order valence-corrected chi connectivity index (χ3v) is 2.62. The zero-order chi connectivity index (χ0) is 11.8. The molecule has 0 aliphatic heterocycles. The quantitative estimate of drug-likeness (QED) is 0.751. The first-order valence-electron chi connectivity index (χ1n) is 5.07. The standard InChI is InChI=1S/C11H15BrFNO2/c12-10-2-1-9(7-11(10)13)8-14-3-5-16-6-4-15/h1-2,7,14-15H,3-6,8H2. The molecule has 0 fully saturated rings. The summed E-state index contributed by atoms with van der Waals surface area (Å²) in [6, 6.07) is 5.04. The van der Waals surface area contributed by atoms with E-state index in [0.29, 0.717) is 30.8 Å². The zero-order valence-corrected chi connectivity index (χ0v) is 10.5. The van der Waals surface area contributed by atoms with Crippen LogP contribution in [0.3, 0.4) is 0 Å². The van der Waals surface area contributed by atoms with Crippen LogP contribution in [0.5, 0.6) is 0 Å². The van der Waals surface area contributed by atoms with Gasteiger partial charge in [-0.15, -0.1) is 0 Å². The van der Waals surface area contributed by atoms with Gasteiger partial charge < -0.3 is 15.2 Å². The lowest BCUT2D eigenvalue weighted by Gasteiger charge is -2.06. The van der Waals surface area contributed by atoms with E-state index in [0.717, 1.165) is 5.56 Å². The summed E-state index contributed by atoms with van der Waals surface area (Å²) in [5.74, 6) is -0.254. The number of rotatable bonds is 7. The lowest BCUT2D eigenvalue weighted by Crippen LogP contribution is -2.20. The molecule has 0 spiro atoms. The van der Waals surface area contributed by atoms with Crippen LogP contribution >= 0.6 is 15.9 Å². The molecule has 0 heterocycles. The Morgan fingerprint density at radius 1 is 1.38 bits per heavy atom. The second kappa shape index (κ2) is 7.73. The van der Waals surface area contributed by atoms with Gasteiger partial charge in [0.05, 0.1) is 24.3 Å². The van der Waals surface area contributed by atoms with E-state index in [2.05, 4.69) is 21.2 Å². The molecular formula is C11H15BrFNO2.